The number of aliphatic imine (C=N–C) groups is 1. The van der Waals surface area contributed by atoms with Crippen LogP contribution in [0.1, 0.15) is 32.4 Å². The summed E-state index contributed by atoms with van der Waals surface area (Å²) in [5.41, 5.74) is 1.90. The number of guanidine groups is 1. The van der Waals surface area contributed by atoms with Gasteiger partial charge in [0, 0.05) is 43.9 Å². The molecule has 2 heterocycles. The maximum absolute atomic E-state index is 5.44. The first-order chi connectivity index (χ1) is 12.7. The summed E-state index contributed by atoms with van der Waals surface area (Å²) >= 11 is 0. The number of halogens is 1. The van der Waals surface area contributed by atoms with E-state index in [4.69, 9.17) is 4.52 Å². The van der Waals surface area contributed by atoms with E-state index in [1.165, 1.54) is 0 Å². The molecule has 1 aliphatic heterocycles. The molecule has 1 fully saturated rings. The van der Waals surface area contributed by atoms with Crippen molar-refractivity contribution in [2.75, 3.05) is 20.1 Å². The number of aromatic nitrogens is 1. The summed E-state index contributed by atoms with van der Waals surface area (Å²) in [7, 11) is 1.80. The van der Waals surface area contributed by atoms with Crippen LogP contribution in [-0.2, 0) is 6.54 Å². The monoisotopic (exact) mass is 483 g/mol. The zero-order valence-corrected chi connectivity index (χ0v) is 18.6. The van der Waals surface area contributed by atoms with Crippen molar-refractivity contribution >= 4 is 29.9 Å². The van der Waals surface area contributed by atoms with Crippen LogP contribution in [0.4, 0.5) is 0 Å². The number of nitrogens with one attached hydrogen (secondary N) is 2. The van der Waals surface area contributed by atoms with Crippen LogP contribution in [0.5, 0.6) is 0 Å². The van der Waals surface area contributed by atoms with Crippen molar-refractivity contribution in [1.82, 2.24) is 20.7 Å². The zero-order valence-electron chi connectivity index (χ0n) is 16.3. The SMILES string of the molecule is CN=C(NCc1cc(-c2ccccc2)on1)NC1CCN(C(C)C)CC1.I. The van der Waals surface area contributed by atoms with Crippen molar-refractivity contribution in [3.63, 3.8) is 0 Å². The molecule has 0 aliphatic carbocycles. The van der Waals surface area contributed by atoms with Crippen molar-refractivity contribution in [2.45, 2.75) is 45.3 Å². The highest BCUT2D eigenvalue weighted by Crippen LogP contribution is 2.19. The third-order valence-corrected chi connectivity index (χ3v) is 4.88. The van der Waals surface area contributed by atoms with E-state index in [1.807, 2.05) is 36.4 Å². The molecule has 1 aliphatic rings. The third-order valence-electron chi connectivity index (χ3n) is 4.88. The Kier molecular flexibility index (Phi) is 8.56. The molecular formula is C20H30IN5O. The predicted octanol–water partition coefficient (Wildman–Crippen LogP) is 3.50. The van der Waals surface area contributed by atoms with E-state index in [9.17, 15) is 0 Å². The van der Waals surface area contributed by atoms with Gasteiger partial charge in [0.1, 0.15) is 5.69 Å². The molecule has 148 valence electrons. The molecule has 2 aromatic rings. The lowest BCUT2D eigenvalue weighted by Gasteiger charge is -2.35. The molecule has 1 saturated heterocycles. The van der Waals surface area contributed by atoms with Crippen LogP contribution in [0, 0.1) is 0 Å². The Bertz CT molecular complexity index is 708. The lowest BCUT2D eigenvalue weighted by molar-refractivity contribution is 0.167. The van der Waals surface area contributed by atoms with Gasteiger partial charge in [0.05, 0.1) is 6.54 Å². The quantitative estimate of drug-likeness (QED) is 0.387. The molecule has 1 aromatic carbocycles. The van der Waals surface area contributed by atoms with E-state index in [2.05, 4.69) is 39.5 Å². The predicted molar refractivity (Wildman–Crippen MR) is 120 cm³/mol. The van der Waals surface area contributed by atoms with Gasteiger partial charge in [0.2, 0.25) is 0 Å². The highest BCUT2D eigenvalue weighted by atomic mass is 127. The van der Waals surface area contributed by atoms with E-state index >= 15 is 0 Å². The number of hydrogen-bond acceptors (Lipinski definition) is 4. The number of piperidine rings is 1. The van der Waals surface area contributed by atoms with Gasteiger partial charge in [-0.2, -0.15) is 0 Å². The minimum atomic E-state index is 0. The van der Waals surface area contributed by atoms with E-state index in [-0.39, 0.29) is 24.0 Å². The largest absolute Gasteiger partial charge is 0.356 e. The molecule has 0 radical (unpaired) electrons. The molecule has 0 saturated carbocycles. The van der Waals surface area contributed by atoms with Gasteiger partial charge < -0.3 is 20.1 Å². The summed E-state index contributed by atoms with van der Waals surface area (Å²) in [5, 5.41) is 11.0. The fourth-order valence-corrected chi connectivity index (χ4v) is 3.26. The average Bonchev–Trinajstić information content (AvgIpc) is 3.15. The molecule has 0 amide bonds. The second-order valence-electron chi connectivity index (χ2n) is 7.02. The van der Waals surface area contributed by atoms with Gasteiger partial charge in [-0.1, -0.05) is 35.5 Å². The van der Waals surface area contributed by atoms with E-state index in [0.29, 0.717) is 18.6 Å². The normalized spacial score (nSPS) is 16.2. The van der Waals surface area contributed by atoms with Crippen LogP contribution >= 0.6 is 24.0 Å². The van der Waals surface area contributed by atoms with E-state index < -0.39 is 0 Å². The Morgan fingerprint density at radius 2 is 1.96 bits per heavy atom. The average molecular weight is 483 g/mol. The van der Waals surface area contributed by atoms with Crippen LogP contribution in [0.15, 0.2) is 45.9 Å². The molecule has 0 atom stereocenters. The first-order valence-corrected chi connectivity index (χ1v) is 9.38. The van der Waals surface area contributed by atoms with Gasteiger partial charge in [0.25, 0.3) is 0 Å². The zero-order chi connectivity index (χ0) is 18.4. The van der Waals surface area contributed by atoms with Crippen molar-refractivity contribution in [3.8, 4) is 11.3 Å². The van der Waals surface area contributed by atoms with Gasteiger partial charge in [-0.05, 0) is 26.7 Å². The number of rotatable bonds is 5. The summed E-state index contributed by atoms with van der Waals surface area (Å²) in [6, 6.07) is 13.1. The summed E-state index contributed by atoms with van der Waals surface area (Å²) in [5.74, 6) is 1.60. The van der Waals surface area contributed by atoms with Gasteiger partial charge in [-0.15, -0.1) is 24.0 Å². The lowest BCUT2D eigenvalue weighted by atomic mass is 10.0. The fraction of sp³-hybridized carbons (Fsp3) is 0.500. The summed E-state index contributed by atoms with van der Waals surface area (Å²) in [4.78, 5) is 6.86. The third kappa shape index (κ3) is 6.21. The lowest BCUT2D eigenvalue weighted by Crippen LogP contribution is -2.49. The maximum Gasteiger partial charge on any atom is 0.191 e. The van der Waals surface area contributed by atoms with E-state index in [1.54, 1.807) is 7.05 Å². The molecule has 1 aromatic heterocycles. The van der Waals surface area contributed by atoms with Crippen LogP contribution in [-0.4, -0.2) is 48.2 Å². The van der Waals surface area contributed by atoms with Gasteiger partial charge in [-0.3, -0.25) is 4.99 Å². The van der Waals surface area contributed by atoms with Crippen molar-refractivity contribution in [1.29, 1.82) is 0 Å². The van der Waals surface area contributed by atoms with Crippen molar-refractivity contribution < 1.29 is 4.52 Å². The number of nitrogens with zero attached hydrogens (tertiary/aromatic N) is 3. The minimum absolute atomic E-state index is 0. The number of likely N-dealkylation sites (tertiary alicyclic amines) is 1. The van der Waals surface area contributed by atoms with Crippen LogP contribution < -0.4 is 10.6 Å². The molecule has 6 nitrogen and oxygen atoms in total. The Morgan fingerprint density at radius 1 is 1.26 bits per heavy atom. The fourth-order valence-electron chi connectivity index (χ4n) is 3.26. The van der Waals surface area contributed by atoms with Crippen LogP contribution in [0.25, 0.3) is 11.3 Å². The van der Waals surface area contributed by atoms with E-state index in [0.717, 1.165) is 48.9 Å². The minimum Gasteiger partial charge on any atom is -0.356 e. The first kappa shape index (κ1) is 21.7. The molecule has 0 bridgehead atoms. The highest BCUT2D eigenvalue weighted by molar-refractivity contribution is 14.0. The molecule has 0 spiro atoms. The topological polar surface area (TPSA) is 65.7 Å². The summed E-state index contributed by atoms with van der Waals surface area (Å²) < 4.78 is 5.44. The second-order valence-corrected chi connectivity index (χ2v) is 7.02. The molecule has 2 N–H and O–H groups in total. The van der Waals surface area contributed by atoms with Gasteiger partial charge in [-0.25, -0.2) is 0 Å². The van der Waals surface area contributed by atoms with Crippen molar-refractivity contribution in [2.24, 2.45) is 4.99 Å². The Morgan fingerprint density at radius 3 is 2.59 bits per heavy atom. The standard InChI is InChI=1S/C20H29N5O.HI/c1-15(2)25-11-9-17(10-12-25)23-20(21-3)22-14-18-13-19(26-24-18)16-7-5-4-6-8-16;/h4-8,13,15,17H,9-12,14H2,1-3H3,(H2,21,22,23);1H. The Balaban J connectivity index is 0.00000261. The smallest absolute Gasteiger partial charge is 0.191 e. The maximum atomic E-state index is 5.44. The van der Waals surface area contributed by atoms with Crippen LogP contribution in [0.2, 0.25) is 0 Å². The Hall–Kier alpha value is -1.61. The molecule has 7 heteroatoms. The van der Waals surface area contributed by atoms with Gasteiger partial charge in [0.15, 0.2) is 11.7 Å². The summed E-state index contributed by atoms with van der Waals surface area (Å²) in [6.45, 7) is 7.37. The molecular weight excluding hydrogens is 453 g/mol. The molecule has 0 unspecified atom stereocenters. The van der Waals surface area contributed by atoms with Crippen molar-refractivity contribution in [3.05, 3.63) is 42.1 Å². The molecule has 3 rings (SSSR count). The highest BCUT2D eigenvalue weighted by Gasteiger charge is 2.21. The second kappa shape index (κ2) is 10.7. The Labute approximate surface area is 178 Å². The number of hydrogen-bond donors (Lipinski definition) is 2. The van der Waals surface area contributed by atoms with Gasteiger partial charge >= 0.3 is 0 Å². The van der Waals surface area contributed by atoms with Crippen LogP contribution in [0.3, 0.4) is 0 Å². The first-order valence-electron chi connectivity index (χ1n) is 9.38. The molecule has 27 heavy (non-hydrogen) atoms. The number of benzene rings is 1. The summed E-state index contributed by atoms with van der Waals surface area (Å²) in [6.07, 6.45) is 2.28.